The summed E-state index contributed by atoms with van der Waals surface area (Å²) in [6, 6.07) is 8.14. The van der Waals surface area contributed by atoms with Crippen LogP contribution in [0.2, 0.25) is 5.02 Å². The average Bonchev–Trinajstić information content (AvgIpc) is 3.13. The summed E-state index contributed by atoms with van der Waals surface area (Å²) in [4.78, 5) is 21.3. The second-order valence-corrected chi connectivity index (χ2v) is 9.19. The molecule has 2 aromatic heterocycles. The lowest BCUT2D eigenvalue weighted by Gasteiger charge is -2.30. The van der Waals surface area contributed by atoms with Gasteiger partial charge in [0.2, 0.25) is 5.91 Å². The normalized spacial score (nSPS) is 19.0. The zero-order chi connectivity index (χ0) is 22.0. The van der Waals surface area contributed by atoms with Crippen LogP contribution in [-0.4, -0.2) is 37.7 Å². The van der Waals surface area contributed by atoms with Crippen LogP contribution >= 0.6 is 11.6 Å². The molecule has 1 aliphatic carbocycles. The van der Waals surface area contributed by atoms with E-state index < -0.39 is 0 Å². The van der Waals surface area contributed by atoms with E-state index in [4.69, 9.17) is 11.6 Å². The summed E-state index contributed by atoms with van der Waals surface area (Å²) in [6.07, 6.45) is 6.30. The highest BCUT2D eigenvalue weighted by Crippen LogP contribution is 2.27. The van der Waals surface area contributed by atoms with Crippen molar-refractivity contribution in [3.05, 3.63) is 41.3 Å². The van der Waals surface area contributed by atoms with Crippen LogP contribution in [0.1, 0.15) is 51.8 Å². The molecular weight excluding hydrogens is 412 g/mol. The SMILES string of the molecule is Cc1nc(NC2CCC(NC(=O)CC(C)C)CC2)c2cnn(-c3cccc(Cl)c3)c2n1. The van der Waals surface area contributed by atoms with Crippen molar-refractivity contribution in [1.82, 2.24) is 25.1 Å². The Morgan fingerprint density at radius 2 is 1.94 bits per heavy atom. The Morgan fingerprint density at radius 1 is 1.19 bits per heavy atom. The van der Waals surface area contributed by atoms with E-state index in [0.717, 1.165) is 48.2 Å². The number of nitrogens with one attached hydrogen (secondary N) is 2. The van der Waals surface area contributed by atoms with Crippen LogP contribution in [0.15, 0.2) is 30.5 Å². The smallest absolute Gasteiger partial charge is 0.220 e. The van der Waals surface area contributed by atoms with E-state index in [1.807, 2.05) is 31.2 Å². The minimum Gasteiger partial charge on any atom is -0.367 e. The Kier molecular flexibility index (Phi) is 6.41. The Balaban J connectivity index is 1.47. The molecule has 1 aromatic carbocycles. The van der Waals surface area contributed by atoms with Gasteiger partial charge >= 0.3 is 0 Å². The fourth-order valence-electron chi connectivity index (χ4n) is 4.16. The second kappa shape index (κ2) is 9.22. The molecule has 0 atom stereocenters. The molecule has 0 bridgehead atoms. The molecule has 8 heteroatoms. The molecule has 0 aliphatic heterocycles. The molecule has 1 saturated carbocycles. The van der Waals surface area contributed by atoms with Crippen LogP contribution in [0.5, 0.6) is 0 Å². The standard InChI is InChI=1S/C23H29ClN6O/c1-14(2)11-21(31)28-17-7-9-18(10-8-17)29-22-20-13-25-30(23(20)27-15(3)26-22)19-6-4-5-16(24)12-19/h4-6,12-14,17-18H,7-11H2,1-3H3,(H,28,31)(H,26,27,29). The number of nitrogens with zero attached hydrogens (tertiary/aromatic N) is 4. The van der Waals surface area contributed by atoms with Gasteiger partial charge in [0.05, 0.1) is 17.3 Å². The summed E-state index contributed by atoms with van der Waals surface area (Å²) in [5, 5.41) is 12.9. The van der Waals surface area contributed by atoms with Crippen molar-refractivity contribution in [3.63, 3.8) is 0 Å². The minimum atomic E-state index is 0.160. The molecule has 2 N–H and O–H groups in total. The number of aromatic nitrogens is 4. The van der Waals surface area contributed by atoms with E-state index in [1.54, 1.807) is 10.9 Å². The number of rotatable bonds is 6. The van der Waals surface area contributed by atoms with E-state index in [2.05, 4.69) is 39.5 Å². The largest absolute Gasteiger partial charge is 0.367 e. The number of amides is 1. The number of fused-ring (bicyclic) bond motifs is 1. The van der Waals surface area contributed by atoms with E-state index in [1.165, 1.54) is 0 Å². The third kappa shape index (κ3) is 5.15. The summed E-state index contributed by atoms with van der Waals surface area (Å²) in [5.41, 5.74) is 1.62. The van der Waals surface area contributed by atoms with E-state index in [-0.39, 0.29) is 11.9 Å². The molecule has 7 nitrogen and oxygen atoms in total. The van der Waals surface area contributed by atoms with Gasteiger partial charge in [-0.05, 0) is 56.7 Å². The van der Waals surface area contributed by atoms with Gasteiger partial charge in [-0.15, -0.1) is 0 Å². The number of carbonyl (C=O) groups is 1. The molecule has 164 valence electrons. The van der Waals surface area contributed by atoms with Gasteiger partial charge in [0.25, 0.3) is 0 Å². The van der Waals surface area contributed by atoms with Crippen LogP contribution < -0.4 is 10.6 Å². The number of carbonyl (C=O) groups excluding carboxylic acids is 1. The lowest BCUT2D eigenvalue weighted by Crippen LogP contribution is -2.40. The fraction of sp³-hybridized carbons (Fsp3) is 0.478. The Labute approximate surface area is 187 Å². The van der Waals surface area contributed by atoms with Gasteiger partial charge in [-0.1, -0.05) is 31.5 Å². The second-order valence-electron chi connectivity index (χ2n) is 8.75. The van der Waals surface area contributed by atoms with E-state index in [9.17, 15) is 4.79 Å². The topological polar surface area (TPSA) is 84.7 Å². The Morgan fingerprint density at radius 3 is 2.65 bits per heavy atom. The summed E-state index contributed by atoms with van der Waals surface area (Å²) in [6.45, 7) is 6.03. The van der Waals surface area contributed by atoms with Gasteiger partial charge in [0.1, 0.15) is 11.6 Å². The lowest BCUT2D eigenvalue weighted by molar-refractivity contribution is -0.122. The van der Waals surface area contributed by atoms with Crippen molar-refractivity contribution in [2.45, 2.75) is 65.0 Å². The maximum absolute atomic E-state index is 12.1. The highest BCUT2D eigenvalue weighted by molar-refractivity contribution is 6.30. The van der Waals surface area contributed by atoms with Crippen LogP contribution in [0.4, 0.5) is 5.82 Å². The van der Waals surface area contributed by atoms with Crippen molar-refractivity contribution < 1.29 is 4.79 Å². The maximum Gasteiger partial charge on any atom is 0.220 e. The molecule has 0 unspecified atom stereocenters. The van der Waals surface area contributed by atoms with Gasteiger partial charge in [-0.2, -0.15) is 5.10 Å². The Hall–Kier alpha value is -2.67. The number of benzene rings is 1. The first-order chi connectivity index (χ1) is 14.9. The highest BCUT2D eigenvalue weighted by Gasteiger charge is 2.24. The quantitative estimate of drug-likeness (QED) is 0.582. The van der Waals surface area contributed by atoms with Crippen LogP contribution in [0.25, 0.3) is 16.7 Å². The number of aryl methyl sites for hydroxylation is 1. The molecule has 1 aliphatic rings. The van der Waals surface area contributed by atoms with Gasteiger partial charge < -0.3 is 10.6 Å². The van der Waals surface area contributed by atoms with Crippen LogP contribution in [0.3, 0.4) is 0 Å². The first kappa shape index (κ1) is 21.6. The van der Waals surface area contributed by atoms with Gasteiger partial charge in [-0.25, -0.2) is 14.6 Å². The van der Waals surface area contributed by atoms with Crippen molar-refractivity contribution in [3.8, 4) is 5.69 Å². The molecule has 0 radical (unpaired) electrons. The third-order valence-corrected chi connectivity index (χ3v) is 5.85. The monoisotopic (exact) mass is 440 g/mol. The van der Waals surface area contributed by atoms with E-state index in [0.29, 0.717) is 29.2 Å². The summed E-state index contributed by atoms with van der Waals surface area (Å²) >= 11 is 6.16. The summed E-state index contributed by atoms with van der Waals surface area (Å²) < 4.78 is 1.79. The number of hydrogen-bond acceptors (Lipinski definition) is 5. The predicted octanol–water partition coefficient (Wildman–Crippen LogP) is 4.66. The zero-order valence-corrected chi connectivity index (χ0v) is 19.0. The van der Waals surface area contributed by atoms with Crippen LogP contribution in [-0.2, 0) is 4.79 Å². The first-order valence-electron chi connectivity index (χ1n) is 10.9. The number of halogens is 1. The van der Waals surface area contributed by atoms with Gasteiger partial charge in [0.15, 0.2) is 5.65 Å². The predicted molar refractivity (Wildman–Crippen MR) is 124 cm³/mol. The molecule has 1 fully saturated rings. The van der Waals surface area contributed by atoms with Crippen molar-refractivity contribution in [2.75, 3.05) is 5.32 Å². The van der Waals surface area contributed by atoms with Crippen molar-refractivity contribution in [1.29, 1.82) is 0 Å². The molecule has 3 aromatic rings. The summed E-state index contributed by atoms with van der Waals surface area (Å²) in [7, 11) is 0. The number of hydrogen-bond donors (Lipinski definition) is 2. The first-order valence-corrected chi connectivity index (χ1v) is 11.3. The molecular formula is C23H29ClN6O. The third-order valence-electron chi connectivity index (χ3n) is 5.62. The van der Waals surface area contributed by atoms with Crippen molar-refractivity contribution >= 4 is 34.4 Å². The van der Waals surface area contributed by atoms with Gasteiger partial charge in [-0.3, -0.25) is 4.79 Å². The van der Waals surface area contributed by atoms with Crippen molar-refractivity contribution in [2.24, 2.45) is 5.92 Å². The lowest BCUT2D eigenvalue weighted by atomic mass is 9.91. The Bertz CT molecular complexity index is 1070. The molecule has 0 saturated heterocycles. The molecule has 2 heterocycles. The summed E-state index contributed by atoms with van der Waals surface area (Å²) in [5.74, 6) is 2.04. The minimum absolute atomic E-state index is 0.160. The maximum atomic E-state index is 12.1. The fourth-order valence-corrected chi connectivity index (χ4v) is 4.34. The highest BCUT2D eigenvalue weighted by atomic mass is 35.5. The molecule has 4 rings (SSSR count). The van der Waals surface area contributed by atoms with Gasteiger partial charge in [0, 0.05) is 23.5 Å². The van der Waals surface area contributed by atoms with E-state index >= 15 is 0 Å². The molecule has 1 amide bonds. The average molecular weight is 441 g/mol. The van der Waals surface area contributed by atoms with Crippen LogP contribution in [0, 0.1) is 12.8 Å². The zero-order valence-electron chi connectivity index (χ0n) is 18.2. The number of anilines is 1. The molecule has 0 spiro atoms. The molecule has 31 heavy (non-hydrogen) atoms.